The maximum atomic E-state index is 12.4. The van der Waals surface area contributed by atoms with Crippen LogP contribution in [0.3, 0.4) is 0 Å². The zero-order chi connectivity index (χ0) is 17.8. The number of carbonyl (C=O) groups excluding carboxylic acids is 1. The predicted octanol–water partition coefficient (Wildman–Crippen LogP) is 2.92. The Hall–Kier alpha value is -3.22. The van der Waals surface area contributed by atoms with Crippen LogP contribution >= 0.6 is 0 Å². The third-order valence-electron chi connectivity index (χ3n) is 4.02. The van der Waals surface area contributed by atoms with Crippen molar-refractivity contribution in [1.82, 2.24) is 0 Å². The molecule has 0 bridgehead atoms. The van der Waals surface area contributed by atoms with Gasteiger partial charge in [0.15, 0.2) is 6.61 Å². The van der Waals surface area contributed by atoms with Crippen LogP contribution in [0.5, 0.6) is 0 Å². The van der Waals surface area contributed by atoms with Gasteiger partial charge >= 0.3 is 0 Å². The number of fused-ring (bicyclic) bond motifs is 1. The van der Waals surface area contributed by atoms with Gasteiger partial charge in [-0.2, -0.15) is 0 Å². The second-order valence-electron chi connectivity index (χ2n) is 5.81. The van der Waals surface area contributed by atoms with E-state index in [1.54, 1.807) is 17.0 Å². The second-order valence-corrected chi connectivity index (χ2v) is 5.81. The van der Waals surface area contributed by atoms with Crippen molar-refractivity contribution >= 4 is 23.5 Å². The Labute approximate surface area is 144 Å². The van der Waals surface area contributed by atoms with E-state index in [-0.39, 0.29) is 24.2 Å². The quantitative estimate of drug-likeness (QED) is 0.476. The predicted molar refractivity (Wildman–Crippen MR) is 93.7 cm³/mol. The monoisotopic (exact) mass is 339 g/mol. The second kappa shape index (κ2) is 7.12. The summed E-state index contributed by atoms with van der Waals surface area (Å²) in [6.07, 6.45) is 2.17. The highest BCUT2D eigenvalue weighted by atomic mass is 16.6. The third kappa shape index (κ3) is 3.65. The lowest BCUT2D eigenvalue weighted by molar-refractivity contribution is -0.384. The number of hydrogen-bond acceptors (Lipinski definition) is 5. The summed E-state index contributed by atoms with van der Waals surface area (Å²) < 4.78 is 0. The maximum Gasteiger partial charge on any atom is 0.270 e. The molecule has 1 atom stereocenters. The van der Waals surface area contributed by atoms with Crippen LogP contribution < -0.4 is 4.90 Å². The van der Waals surface area contributed by atoms with Crippen molar-refractivity contribution in [2.45, 2.75) is 19.4 Å². The van der Waals surface area contributed by atoms with Gasteiger partial charge in [0, 0.05) is 29.4 Å². The Morgan fingerprint density at radius 1 is 1.36 bits per heavy atom. The number of rotatable bonds is 5. The minimum Gasteiger partial charge on any atom is -0.386 e. The first-order valence-corrected chi connectivity index (χ1v) is 7.86. The molecule has 0 unspecified atom stereocenters. The Morgan fingerprint density at radius 3 is 2.96 bits per heavy atom. The lowest BCUT2D eigenvalue weighted by atomic mass is 10.1. The van der Waals surface area contributed by atoms with E-state index in [2.05, 4.69) is 5.16 Å². The van der Waals surface area contributed by atoms with Crippen molar-refractivity contribution in [2.24, 2.45) is 5.16 Å². The van der Waals surface area contributed by atoms with Gasteiger partial charge in [-0.1, -0.05) is 35.5 Å². The van der Waals surface area contributed by atoms with E-state index >= 15 is 0 Å². The van der Waals surface area contributed by atoms with E-state index < -0.39 is 4.92 Å². The topological polar surface area (TPSA) is 85.0 Å². The molecule has 0 aliphatic carbocycles. The standard InChI is InChI=1S/C18H17N3O4/c1-13-9-15-6-2-3-8-17(15)20(13)18(22)12-25-19-11-14-5-4-7-16(10-14)21(23)24/h2-8,10-11,13H,9,12H2,1H3/b19-11-/t13-/m0/s1. The lowest BCUT2D eigenvalue weighted by Gasteiger charge is -2.21. The molecule has 7 heteroatoms. The molecule has 1 amide bonds. The molecule has 1 heterocycles. The first-order valence-electron chi connectivity index (χ1n) is 7.86. The van der Waals surface area contributed by atoms with Gasteiger partial charge in [0.1, 0.15) is 0 Å². The van der Waals surface area contributed by atoms with Gasteiger partial charge in [-0.15, -0.1) is 0 Å². The molecule has 2 aromatic rings. The number of anilines is 1. The average molecular weight is 339 g/mol. The van der Waals surface area contributed by atoms with Gasteiger partial charge in [0.05, 0.1) is 11.1 Å². The minimum atomic E-state index is -0.478. The Morgan fingerprint density at radius 2 is 2.16 bits per heavy atom. The Balaban J connectivity index is 1.60. The van der Waals surface area contributed by atoms with Gasteiger partial charge < -0.3 is 9.74 Å². The van der Waals surface area contributed by atoms with Crippen LogP contribution in [0.1, 0.15) is 18.1 Å². The van der Waals surface area contributed by atoms with Crippen molar-refractivity contribution in [3.8, 4) is 0 Å². The summed E-state index contributed by atoms with van der Waals surface area (Å²) in [6.45, 7) is 1.80. The highest BCUT2D eigenvalue weighted by molar-refractivity contribution is 5.97. The van der Waals surface area contributed by atoms with Crippen LogP contribution in [0.25, 0.3) is 0 Å². The summed E-state index contributed by atoms with van der Waals surface area (Å²) in [5.41, 5.74) is 2.55. The SMILES string of the molecule is C[C@H]1Cc2ccccc2N1C(=O)CO/N=C\c1cccc([N+](=O)[O-])c1. The summed E-state index contributed by atoms with van der Waals surface area (Å²) >= 11 is 0. The average Bonchev–Trinajstić information content (AvgIpc) is 2.94. The number of amides is 1. The molecule has 0 saturated heterocycles. The largest absolute Gasteiger partial charge is 0.386 e. The molecular formula is C18H17N3O4. The molecule has 25 heavy (non-hydrogen) atoms. The van der Waals surface area contributed by atoms with E-state index in [0.29, 0.717) is 5.56 Å². The van der Waals surface area contributed by atoms with Crippen LogP contribution in [0, 0.1) is 10.1 Å². The highest BCUT2D eigenvalue weighted by Gasteiger charge is 2.30. The molecule has 1 aliphatic rings. The number of para-hydroxylation sites is 1. The maximum absolute atomic E-state index is 12.4. The van der Waals surface area contributed by atoms with E-state index in [4.69, 9.17) is 4.84 Å². The Kier molecular flexibility index (Phi) is 4.74. The number of non-ortho nitro benzene ring substituents is 1. The summed E-state index contributed by atoms with van der Waals surface area (Å²) in [7, 11) is 0. The van der Waals surface area contributed by atoms with Crippen LogP contribution in [0.4, 0.5) is 11.4 Å². The first kappa shape index (κ1) is 16.6. The Bertz CT molecular complexity index is 835. The molecular weight excluding hydrogens is 322 g/mol. The van der Waals surface area contributed by atoms with Crippen molar-refractivity contribution in [2.75, 3.05) is 11.5 Å². The highest BCUT2D eigenvalue weighted by Crippen LogP contribution is 2.31. The molecule has 128 valence electrons. The van der Waals surface area contributed by atoms with Gasteiger partial charge in [-0.05, 0) is 25.0 Å². The number of benzene rings is 2. The molecule has 0 saturated carbocycles. The van der Waals surface area contributed by atoms with Crippen LogP contribution in [0.15, 0.2) is 53.7 Å². The third-order valence-corrected chi connectivity index (χ3v) is 4.02. The van der Waals surface area contributed by atoms with Gasteiger partial charge in [0.2, 0.25) is 0 Å². The normalized spacial score (nSPS) is 16.0. The van der Waals surface area contributed by atoms with Crippen LogP contribution in [0.2, 0.25) is 0 Å². The van der Waals surface area contributed by atoms with Crippen LogP contribution in [-0.2, 0) is 16.1 Å². The minimum absolute atomic E-state index is 0.0254. The fourth-order valence-electron chi connectivity index (χ4n) is 2.92. The van der Waals surface area contributed by atoms with Gasteiger partial charge in [-0.3, -0.25) is 14.9 Å². The molecule has 3 rings (SSSR count). The zero-order valence-corrected chi connectivity index (χ0v) is 13.7. The number of nitro benzene ring substituents is 1. The fourth-order valence-corrected chi connectivity index (χ4v) is 2.92. The summed E-state index contributed by atoms with van der Waals surface area (Å²) in [4.78, 5) is 29.5. The van der Waals surface area contributed by atoms with E-state index in [9.17, 15) is 14.9 Å². The molecule has 0 aromatic heterocycles. The van der Waals surface area contributed by atoms with Crippen molar-refractivity contribution in [3.63, 3.8) is 0 Å². The van der Waals surface area contributed by atoms with Crippen LogP contribution in [-0.4, -0.2) is 29.7 Å². The zero-order valence-electron chi connectivity index (χ0n) is 13.7. The van der Waals surface area contributed by atoms with Crippen molar-refractivity contribution < 1.29 is 14.6 Å². The smallest absolute Gasteiger partial charge is 0.270 e. The number of oxime groups is 1. The number of hydrogen-bond donors (Lipinski definition) is 0. The number of carbonyl (C=O) groups is 1. The summed E-state index contributed by atoms with van der Waals surface area (Å²) in [6, 6.07) is 13.9. The molecule has 2 aromatic carbocycles. The van der Waals surface area contributed by atoms with E-state index in [1.165, 1.54) is 18.3 Å². The van der Waals surface area contributed by atoms with E-state index in [1.807, 2.05) is 31.2 Å². The van der Waals surface area contributed by atoms with Crippen molar-refractivity contribution in [1.29, 1.82) is 0 Å². The molecule has 0 fully saturated rings. The van der Waals surface area contributed by atoms with Gasteiger partial charge in [0.25, 0.3) is 11.6 Å². The summed E-state index contributed by atoms with van der Waals surface area (Å²) in [5, 5.41) is 14.5. The molecule has 0 N–H and O–H groups in total. The number of nitrogens with zero attached hydrogens (tertiary/aromatic N) is 3. The molecule has 0 spiro atoms. The molecule has 0 radical (unpaired) electrons. The fraction of sp³-hybridized carbons (Fsp3) is 0.222. The van der Waals surface area contributed by atoms with Crippen molar-refractivity contribution in [3.05, 3.63) is 69.8 Å². The lowest BCUT2D eigenvalue weighted by Crippen LogP contribution is -2.37. The molecule has 1 aliphatic heterocycles. The number of nitro groups is 1. The molecule has 7 nitrogen and oxygen atoms in total. The van der Waals surface area contributed by atoms with Gasteiger partial charge in [-0.25, -0.2) is 0 Å². The summed E-state index contributed by atoms with van der Waals surface area (Å²) in [5.74, 6) is -0.173. The first-order chi connectivity index (χ1) is 12.1. The van der Waals surface area contributed by atoms with E-state index in [0.717, 1.165) is 17.7 Å².